The third-order valence-corrected chi connectivity index (χ3v) is 10.7. The van der Waals surface area contributed by atoms with Crippen molar-refractivity contribution in [3.8, 4) is 0 Å². The van der Waals surface area contributed by atoms with Crippen LogP contribution in [0.15, 0.2) is 0 Å². The maximum absolute atomic E-state index is 13.3. The van der Waals surface area contributed by atoms with E-state index in [2.05, 4.69) is 20.8 Å². The van der Waals surface area contributed by atoms with Gasteiger partial charge in [-0.3, -0.25) is 24.0 Å². The van der Waals surface area contributed by atoms with Crippen LogP contribution < -0.4 is 0 Å². The van der Waals surface area contributed by atoms with E-state index in [0.717, 1.165) is 96.3 Å². The summed E-state index contributed by atoms with van der Waals surface area (Å²) < 4.78 is 39.4. The van der Waals surface area contributed by atoms with E-state index in [0.29, 0.717) is 19.4 Å². The summed E-state index contributed by atoms with van der Waals surface area (Å²) in [6.07, 6.45) is 14.4. The monoisotopic (exact) mass is 914 g/mol. The molecular weight excluding hydrogens is 823 g/mol. The first-order valence-corrected chi connectivity index (χ1v) is 24.9. The Morgan fingerprint density at radius 2 is 0.828 bits per heavy atom. The highest BCUT2D eigenvalue weighted by Crippen LogP contribution is 2.17. The Balaban J connectivity index is 5.51. The first-order valence-electron chi connectivity index (χ1n) is 24.9. The SMILES string of the molecule is CCCCCCC(C)C(=O)OCC(COCCCC)OC(=O)CCCN(CCCC(=O)OC(COC(=O)C(C)CCCCCC)COC(=O)C(C)CCCCCC)C(=O)OC(C)(C)C. The number of carbonyl (C=O) groups is 6. The molecular formula is C50H91NO13. The fourth-order valence-electron chi connectivity index (χ4n) is 6.57. The smallest absolute Gasteiger partial charge is 0.410 e. The zero-order chi connectivity index (χ0) is 48.2. The molecule has 14 heteroatoms. The van der Waals surface area contributed by atoms with Crippen LogP contribution in [0.5, 0.6) is 0 Å². The molecule has 0 bridgehead atoms. The van der Waals surface area contributed by atoms with Crippen LogP contribution in [0.2, 0.25) is 0 Å². The van der Waals surface area contributed by atoms with Crippen molar-refractivity contribution in [3.05, 3.63) is 0 Å². The average molecular weight is 914 g/mol. The molecule has 64 heavy (non-hydrogen) atoms. The molecule has 4 unspecified atom stereocenters. The molecule has 0 saturated carbocycles. The van der Waals surface area contributed by atoms with Crippen LogP contribution in [0.4, 0.5) is 4.79 Å². The van der Waals surface area contributed by atoms with E-state index in [-0.39, 0.29) is 88.9 Å². The summed E-state index contributed by atoms with van der Waals surface area (Å²) in [5.74, 6) is -3.18. The number of carbonyl (C=O) groups excluding carboxylic acids is 6. The highest BCUT2D eigenvalue weighted by molar-refractivity contribution is 5.74. The van der Waals surface area contributed by atoms with E-state index in [9.17, 15) is 28.8 Å². The standard InChI is InChI=1S/C50H91NO13/c1-11-15-19-22-27-39(5)46(54)59-36-42(35-58-34-18-14-4)62-44(52)30-25-32-51(49(57)64-50(8,9)10)33-26-31-45(53)63-43(37-60-47(55)40(6)28-23-20-16-12-2)38-61-48(56)41(7)29-24-21-17-13-3/h39-43H,11-38H2,1-10H3. The Kier molecular flexibility index (Phi) is 35.7. The summed E-state index contributed by atoms with van der Waals surface area (Å²) >= 11 is 0. The van der Waals surface area contributed by atoms with Crippen molar-refractivity contribution < 1.29 is 61.9 Å². The third kappa shape index (κ3) is 33.1. The fourth-order valence-corrected chi connectivity index (χ4v) is 6.57. The van der Waals surface area contributed by atoms with Gasteiger partial charge in [0.25, 0.3) is 0 Å². The number of amides is 1. The summed E-state index contributed by atoms with van der Waals surface area (Å²) in [7, 11) is 0. The van der Waals surface area contributed by atoms with Gasteiger partial charge in [0.05, 0.1) is 24.4 Å². The van der Waals surface area contributed by atoms with Gasteiger partial charge in [0, 0.05) is 32.5 Å². The summed E-state index contributed by atoms with van der Waals surface area (Å²) in [5, 5.41) is 0. The second-order valence-corrected chi connectivity index (χ2v) is 18.5. The Hall–Kier alpha value is -3.42. The normalized spacial score (nSPS) is 13.8. The van der Waals surface area contributed by atoms with Crippen LogP contribution in [-0.4, -0.2) is 105 Å². The van der Waals surface area contributed by atoms with Gasteiger partial charge in [0.15, 0.2) is 12.2 Å². The minimum atomic E-state index is -1.00. The number of unbranched alkanes of at least 4 members (excludes halogenated alkanes) is 10. The van der Waals surface area contributed by atoms with Gasteiger partial charge in [-0.25, -0.2) is 4.79 Å². The lowest BCUT2D eigenvalue weighted by Crippen LogP contribution is -2.38. The second-order valence-electron chi connectivity index (χ2n) is 18.5. The summed E-state index contributed by atoms with van der Waals surface area (Å²) in [5.41, 5.74) is -0.787. The highest BCUT2D eigenvalue weighted by Gasteiger charge is 2.26. The van der Waals surface area contributed by atoms with E-state index in [1.165, 1.54) is 4.90 Å². The molecule has 0 aromatic rings. The first-order chi connectivity index (χ1) is 30.5. The van der Waals surface area contributed by atoms with Crippen molar-refractivity contribution in [1.82, 2.24) is 4.90 Å². The number of hydrogen-bond donors (Lipinski definition) is 0. The van der Waals surface area contributed by atoms with Crippen molar-refractivity contribution >= 4 is 35.9 Å². The largest absolute Gasteiger partial charge is 0.461 e. The van der Waals surface area contributed by atoms with Gasteiger partial charge in [-0.1, -0.05) is 132 Å². The van der Waals surface area contributed by atoms with Crippen molar-refractivity contribution in [2.45, 2.75) is 222 Å². The zero-order valence-electron chi connectivity index (χ0n) is 41.9. The molecule has 1 amide bonds. The van der Waals surface area contributed by atoms with Crippen LogP contribution in [0.25, 0.3) is 0 Å². The van der Waals surface area contributed by atoms with Crippen molar-refractivity contribution in [3.63, 3.8) is 0 Å². The van der Waals surface area contributed by atoms with Gasteiger partial charge in [0.2, 0.25) is 0 Å². The van der Waals surface area contributed by atoms with E-state index < -0.39 is 47.8 Å². The van der Waals surface area contributed by atoms with Crippen LogP contribution in [0.1, 0.15) is 204 Å². The van der Waals surface area contributed by atoms with E-state index in [1.807, 2.05) is 27.7 Å². The molecule has 4 atom stereocenters. The van der Waals surface area contributed by atoms with Crippen LogP contribution in [-0.2, 0) is 57.1 Å². The number of esters is 5. The molecule has 0 radical (unpaired) electrons. The number of rotatable bonds is 39. The maximum Gasteiger partial charge on any atom is 0.410 e. The summed E-state index contributed by atoms with van der Waals surface area (Å²) in [4.78, 5) is 79.2. The predicted molar refractivity (Wildman–Crippen MR) is 248 cm³/mol. The number of nitrogens with zero attached hydrogens (tertiary/aromatic N) is 1. The molecule has 0 aliphatic carbocycles. The van der Waals surface area contributed by atoms with Gasteiger partial charge in [-0.05, 0) is 59.3 Å². The molecule has 0 N–H and O–H groups in total. The zero-order valence-corrected chi connectivity index (χ0v) is 41.9. The Bertz CT molecular complexity index is 1230. The van der Waals surface area contributed by atoms with Gasteiger partial charge < -0.3 is 38.1 Å². The number of hydrogen-bond acceptors (Lipinski definition) is 13. The average Bonchev–Trinajstić information content (AvgIpc) is 3.24. The van der Waals surface area contributed by atoms with Gasteiger partial charge in [-0.15, -0.1) is 0 Å². The minimum absolute atomic E-state index is 0.0254. The molecule has 14 nitrogen and oxygen atoms in total. The quantitative estimate of drug-likeness (QED) is 0.0324. The lowest BCUT2D eigenvalue weighted by Gasteiger charge is -2.27. The van der Waals surface area contributed by atoms with Gasteiger partial charge >= 0.3 is 35.9 Å². The van der Waals surface area contributed by atoms with Crippen molar-refractivity contribution in [2.24, 2.45) is 17.8 Å². The lowest BCUT2D eigenvalue weighted by molar-refractivity contribution is -0.169. The summed E-state index contributed by atoms with van der Waals surface area (Å²) in [6.45, 7) is 19.4. The molecule has 0 aromatic carbocycles. The Morgan fingerprint density at radius 1 is 0.469 bits per heavy atom. The van der Waals surface area contributed by atoms with Crippen molar-refractivity contribution in [1.29, 1.82) is 0 Å². The predicted octanol–water partition coefficient (Wildman–Crippen LogP) is 10.9. The van der Waals surface area contributed by atoms with E-state index in [4.69, 9.17) is 33.2 Å². The first kappa shape index (κ1) is 60.6. The molecule has 0 heterocycles. The molecule has 0 spiro atoms. The Morgan fingerprint density at radius 3 is 1.17 bits per heavy atom. The Labute approximate surface area is 387 Å². The molecule has 0 fully saturated rings. The van der Waals surface area contributed by atoms with Crippen LogP contribution in [0, 0.1) is 17.8 Å². The molecule has 374 valence electrons. The topological polar surface area (TPSA) is 170 Å². The minimum Gasteiger partial charge on any atom is -0.461 e. The fraction of sp³-hybridized carbons (Fsp3) is 0.880. The van der Waals surface area contributed by atoms with Crippen LogP contribution >= 0.6 is 0 Å². The third-order valence-electron chi connectivity index (χ3n) is 10.7. The molecule has 0 saturated heterocycles. The van der Waals surface area contributed by atoms with Gasteiger partial charge in [0.1, 0.15) is 25.4 Å². The summed E-state index contributed by atoms with van der Waals surface area (Å²) in [6, 6.07) is 0. The van der Waals surface area contributed by atoms with E-state index in [1.54, 1.807) is 20.8 Å². The molecule has 0 aliphatic rings. The number of ether oxygens (including phenoxy) is 7. The maximum atomic E-state index is 13.3. The molecule has 0 rings (SSSR count). The second kappa shape index (κ2) is 37.8. The van der Waals surface area contributed by atoms with Gasteiger partial charge in [-0.2, -0.15) is 0 Å². The van der Waals surface area contributed by atoms with E-state index >= 15 is 0 Å². The molecule has 0 aromatic heterocycles. The molecule has 0 aliphatic heterocycles. The van der Waals surface area contributed by atoms with Crippen LogP contribution in [0.3, 0.4) is 0 Å². The lowest BCUT2D eigenvalue weighted by atomic mass is 10.0. The van der Waals surface area contributed by atoms with Crippen molar-refractivity contribution in [2.75, 3.05) is 46.1 Å². The highest BCUT2D eigenvalue weighted by atomic mass is 16.6.